The minimum atomic E-state index is -0.660. The van der Waals surface area contributed by atoms with E-state index in [4.69, 9.17) is 4.74 Å². The molecule has 1 N–H and O–H groups in total. The lowest BCUT2D eigenvalue weighted by Crippen LogP contribution is -2.53. The highest BCUT2D eigenvalue weighted by Crippen LogP contribution is 2.33. The molecule has 1 amide bonds. The number of para-hydroxylation sites is 2. The van der Waals surface area contributed by atoms with Crippen LogP contribution in [0.5, 0.6) is 0 Å². The van der Waals surface area contributed by atoms with Crippen LogP contribution in [0.4, 0.5) is 16.2 Å². The van der Waals surface area contributed by atoms with Gasteiger partial charge in [-0.15, -0.1) is 0 Å². The number of amides is 1. The van der Waals surface area contributed by atoms with Crippen molar-refractivity contribution in [2.24, 2.45) is 0 Å². The van der Waals surface area contributed by atoms with Crippen molar-refractivity contribution in [2.75, 3.05) is 16.8 Å². The normalized spacial score (nSPS) is 16.6. The molecule has 1 aliphatic heterocycles. The second-order valence-corrected chi connectivity index (χ2v) is 6.99. The third kappa shape index (κ3) is 3.65. The molecule has 2 aromatic rings. The molecule has 5 heteroatoms. The van der Waals surface area contributed by atoms with Crippen molar-refractivity contribution in [1.82, 2.24) is 0 Å². The number of hydrogen-bond acceptors (Lipinski definition) is 4. The molecule has 5 nitrogen and oxygen atoms in total. The summed E-state index contributed by atoms with van der Waals surface area (Å²) in [6.45, 7) is 5.77. The van der Waals surface area contributed by atoms with Gasteiger partial charge >= 0.3 is 6.09 Å². The molecule has 130 valence electrons. The Balaban J connectivity index is 1.99. The fourth-order valence-corrected chi connectivity index (χ4v) is 2.84. The van der Waals surface area contributed by atoms with Crippen LogP contribution in [0.25, 0.3) is 0 Å². The van der Waals surface area contributed by atoms with Crippen molar-refractivity contribution in [3.8, 4) is 0 Å². The van der Waals surface area contributed by atoms with Gasteiger partial charge in [-0.2, -0.15) is 0 Å². The maximum atomic E-state index is 13.0. The number of hydrogen-bond donors (Lipinski definition) is 1. The van der Waals surface area contributed by atoms with Crippen LogP contribution in [0.3, 0.4) is 0 Å². The predicted molar refractivity (Wildman–Crippen MR) is 98.2 cm³/mol. The van der Waals surface area contributed by atoms with Gasteiger partial charge in [0.05, 0.1) is 11.4 Å². The molecule has 0 radical (unpaired) electrons. The Morgan fingerprint density at radius 1 is 1.04 bits per heavy atom. The fourth-order valence-electron chi connectivity index (χ4n) is 2.84. The van der Waals surface area contributed by atoms with Gasteiger partial charge < -0.3 is 10.1 Å². The number of nitrogens with one attached hydrogen (secondary N) is 1. The molecule has 2 aromatic carbocycles. The molecule has 0 bridgehead atoms. The topological polar surface area (TPSA) is 58.6 Å². The van der Waals surface area contributed by atoms with Crippen molar-refractivity contribution in [1.29, 1.82) is 0 Å². The van der Waals surface area contributed by atoms with E-state index in [1.807, 2.05) is 63.2 Å². The van der Waals surface area contributed by atoms with E-state index < -0.39 is 17.7 Å². The molecule has 25 heavy (non-hydrogen) atoms. The fraction of sp³-hybridized carbons (Fsp3) is 0.300. The van der Waals surface area contributed by atoms with Crippen molar-refractivity contribution >= 4 is 23.3 Å². The van der Waals surface area contributed by atoms with Crippen LogP contribution in [0.1, 0.15) is 31.1 Å². The lowest BCUT2D eigenvalue weighted by molar-refractivity contribution is 0.0554. The maximum Gasteiger partial charge on any atom is 0.415 e. The molecule has 0 fully saturated rings. The van der Waals surface area contributed by atoms with Gasteiger partial charge in [-0.25, -0.2) is 4.79 Å². The first kappa shape index (κ1) is 17.0. The highest BCUT2D eigenvalue weighted by atomic mass is 16.6. The zero-order valence-electron chi connectivity index (χ0n) is 14.7. The number of ketones is 1. The minimum Gasteiger partial charge on any atom is -0.443 e. The number of ether oxygens (including phenoxy) is 1. The summed E-state index contributed by atoms with van der Waals surface area (Å²) in [7, 11) is 0. The van der Waals surface area contributed by atoms with E-state index in [1.165, 1.54) is 4.90 Å². The lowest BCUT2D eigenvalue weighted by atomic mass is 10.00. The van der Waals surface area contributed by atoms with E-state index in [0.29, 0.717) is 17.8 Å². The summed E-state index contributed by atoms with van der Waals surface area (Å²) in [4.78, 5) is 27.3. The Morgan fingerprint density at radius 3 is 2.36 bits per heavy atom. The first-order valence-electron chi connectivity index (χ1n) is 8.31. The summed E-state index contributed by atoms with van der Waals surface area (Å²) in [5.74, 6) is -0.117. The molecule has 0 saturated heterocycles. The van der Waals surface area contributed by atoms with Crippen LogP contribution in [-0.2, 0) is 4.74 Å². The number of fused-ring (bicyclic) bond motifs is 1. The molecular weight excluding hydrogens is 316 g/mol. The molecular formula is C20H22N2O3. The summed E-state index contributed by atoms with van der Waals surface area (Å²) in [6, 6.07) is 15.8. The first-order chi connectivity index (χ1) is 11.9. The average molecular weight is 338 g/mol. The van der Waals surface area contributed by atoms with Crippen molar-refractivity contribution in [3.63, 3.8) is 0 Å². The highest BCUT2D eigenvalue weighted by Gasteiger charge is 2.38. The molecule has 0 saturated carbocycles. The summed E-state index contributed by atoms with van der Waals surface area (Å²) in [6.07, 6.45) is -0.518. The van der Waals surface area contributed by atoms with Crippen LogP contribution in [0.15, 0.2) is 54.6 Å². The van der Waals surface area contributed by atoms with Gasteiger partial charge in [0.25, 0.3) is 0 Å². The van der Waals surface area contributed by atoms with Gasteiger partial charge in [-0.05, 0) is 32.9 Å². The number of anilines is 2. The molecule has 0 aromatic heterocycles. The lowest BCUT2D eigenvalue weighted by Gasteiger charge is -2.37. The van der Waals surface area contributed by atoms with Crippen molar-refractivity contribution < 1.29 is 14.3 Å². The van der Waals surface area contributed by atoms with Crippen LogP contribution in [0, 0.1) is 0 Å². The molecule has 1 unspecified atom stereocenters. The summed E-state index contributed by atoms with van der Waals surface area (Å²) in [5.41, 5.74) is 1.39. The molecule has 3 rings (SSSR count). The van der Waals surface area contributed by atoms with Gasteiger partial charge in [0.2, 0.25) is 0 Å². The van der Waals surface area contributed by atoms with E-state index in [9.17, 15) is 9.59 Å². The van der Waals surface area contributed by atoms with Gasteiger partial charge in [0.15, 0.2) is 5.78 Å². The van der Waals surface area contributed by atoms with Gasteiger partial charge in [-0.1, -0.05) is 42.5 Å². The smallest absolute Gasteiger partial charge is 0.415 e. The zero-order valence-corrected chi connectivity index (χ0v) is 14.7. The second kappa shape index (κ2) is 6.59. The quantitative estimate of drug-likeness (QED) is 0.837. The average Bonchev–Trinajstić information content (AvgIpc) is 2.59. The van der Waals surface area contributed by atoms with E-state index in [-0.39, 0.29) is 5.78 Å². The Kier molecular flexibility index (Phi) is 4.49. The van der Waals surface area contributed by atoms with Crippen LogP contribution in [-0.4, -0.2) is 30.1 Å². The molecule has 0 spiro atoms. The minimum absolute atomic E-state index is 0.117. The number of Topliss-reactive ketones (excluding diaryl/α,β-unsaturated/α-hetero) is 1. The Hall–Kier alpha value is -2.82. The Labute approximate surface area is 147 Å². The monoisotopic (exact) mass is 338 g/mol. The van der Waals surface area contributed by atoms with E-state index in [1.54, 1.807) is 12.1 Å². The Morgan fingerprint density at radius 2 is 1.68 bits per heavy atom. The summed E-state index contributed by atoms with van der Waals surface area (Å²) in [5, 5.41) is 3.24. The number of benzene rings is 2. The zero-order chi connectivity index (χ0) is 18.0. The highest BCUT2D eigenvalue weighted by molar-refractivity contribution is 6.09. The van der Waals surface area contributed by atoms with Crippen LogP contribution >= 0.6 is 0 Å². The van der Waals surface area contributed by atoms with Gasteiger partial charge in [0.1, 0.15) is 11.6 Å². The number of carbonyl (C=O) groups is 2. The van der Waals surface area contributed by atoms with Crippen LogP contribution < -0.4 is 10.2 Å². The number of nitrogens with zero attached hydrogens (tertiary/aromatic N) is 1. The standard InChI is InChI=1S/C20H22N2O3/c1-20(2,3)25-19(24)22-16-12-8-7-11-15(16)21-13-17(22)18(23)14-9-5-4-6-10-14/h4-12,17,21H,13H2,1-3H3. The number of carbonyl (C=O) groups excluding carboxylic acids is 2. The Bertz CT molecular complexity index is 781. The molecule has 0 aliphatic carbocycles. The molecule has 1 heterocycles. The van der Waals surface area contributed by atoms with E-state index in [0.717, 1.165) is 5.69 Å². The summed E-state index contributed by atoms with van der Waals surface area (Å²) >= 11 is 0. The van der Waals surface area contributed by atoms with E-state index in [2.05, 4.69) is 5.32 Å². The van der Waals surface area contributed by atoms with Crippen LogP contribution in [0.2, 0.25) is 0 Å². The van der Waals surface area contributed by atoms with Crippen molar-refractivity contribution in [3.05, 3.63) is 60.2 Å². The largest absolute Gasteiger partial charge is 0.443 e. The summed E-state index contributed by atoms with van der Waals surface area (Å²) < 4.78 is 5.56. The number of rotatable bonds is 2. The third-order valence-corrected chi connectivity index (χ3v) is 3.91. The molecule has 1 atom stereocenters. The maximum absolute atomic E-state index is 13.0. The third-order valence-electron chi connectivity index (χ3n) is 3.91. The SMILES string of the molecule is CC(C)(C)OC(=O)N1c2ccccc2NCC1C(=O)c1ccccc1. The first-order valence-corrected chi connectivity index (χ1v) is 8.31. The molecule has 1 aliphatic rings. The second-order valence-electron chi connectivity index (χ2n) is 6.99. The van der Waals surface area contributed by atoms with Gasteiger partial charge in [0, 0.05) is 12.1 Å². The van der Waals surface area contributed by atoms with Crippen molar-refractivity contribution in [2.45, 2.75) is 32.4 Å². The predicted octanol–water partition coefficient (Wildman–Crippen LogP) is 4.11. The van der Waals surface area contributed by atoms with Gasteiger partial charge in [-0.3, -0.25) is 9.69 Å². The van der Waals surface area contributed by atoms with E-state index >= 15 is 0 Å².